The van der Waals surface area contributed by atoms with Gasteiger partial charge in [-0.3, -0.25) is 0 Å². The Labute approximate surface area is 119 Å². The van der Waals surface area contributed by atoms with Crippen molar-refractivity contribution in [1.29, 1.82) is 0 Å². The predicted molar refractivity (Wildman–Crippen MR) is 78.8 cm³/mol. The molecule has 1 aromatic carbocycles. The van der Waals surface area contributed by atoms with Gasteiger partial charge in [-0.15, -0.1) is 0 Å². The van der Waals surface area contributed by atoms with Gasteiger partial charge in [0.25, 0.3) is 0 Å². The summed E-state index contributed by atoms with van der Waals surface area (Å²) < 4.78 is 5.02. The third-order valence-corrected chi connectivity index (χ3v) is 3.79. The van der Waals surface area contributed by atoms with Crippen LogP contribution >= 0.6 is 0 Å². The highest BCUT2D eigenvalue weighted by Crippen LogP contribution is 2.30. The molecule has 110 valence electrons. The molecule has 1 aliphatic heterocycles. The number of para-hydroxylation sites is 1. The Morgan fingerprint density at radius 3 is 2.75 bits per heavy atom. The first-order valence-electron chi connectivity index (χ1n) is 7.08. The number of benzene rings is 1. The van der Waals surface area contributed by atoms with Crippen LogP contribution in [-0.2, 0) is 4.74 Å². The molecule has 0 bridgehead atoms. The van der Waals surface area contributed by atoms with E-state index in [9.17, 15) is 9.90 Å². The van der Waals surface area contributed by atoms with Crippen LogP contribution in [-0.4, -0.2) is 37.4 Å². The van der Waals surface area contributed by atoms with E-state index in [0.29, 0.717) is 23.8 Å². The maximum Gasteiger partial charge on any atom is 0.340 e. The average molecular weight is 278 g/mol. The minimum atomic E-state index is -0.378. The average Bonchev–Trinajstić information content (AvgIpc) is 2.48. The topological polar surface area (TPSA) is 75.8 Å². The monoisotopic (exact) mass is 278 g/mol. The van der Waals surface area contributed by atoms with Crippen LogP contribution in [0.15, 0.2) is 18.2 Å². The van der Waals surface area contributed by atoms with Crippen molar-refractivity contribution in [2.45, 2.75) is 19.8 Å². The molecule has 20 heavy (non-hydrogen) atoms. The van der Waals surface area contributed by atoms with E-state index in [1.807, 2.05) is 12.1 Å². The number of carbonyl (C=O) groups excluding carboxylic acids is 1. The van der Waals surface area contributed by atoms with E-state index >= 15 is 0 Å². The first-order valence-corrected chi connectivity index (χ1v) is 7.08. The van der Waals surface area contributed by atoms with E-state index in [4.69, 9.17) is 10.5 Å². The van der Waals surface area contributed by atoms with Gasteiger partial charge >= 0.3 is 5.97 Å². The number of ether oxygens (including phenoxy) is 1. The number of nitrogens with zero attached hydrogens (tertiary/aromatic N) is 1. The number of hydrogen-bond acceptors (Lipinski definition) is 5. The van der Waals surface area contributed by atoms with E-state index < -0.39 is 0 Å². The normalized spacial score (nSPS) is 16.2. The number of rotatable bonds is 4. The fraction of sp³-hybridized carbons (Fsp3) is 0.533. The summed E-state index contributed by atoms with van der Waals surface area (Å²) in [6.07, 6.45) is 1.89. The second-order valence-electron chi connectivity index (χ2n) is 5.07. The van der Waals surface area contributed by atoms with Crippen LogP contribution in [0.3, 0.4) is 0 Å². The maximum atomic E-state index is 11.8. The zero-order valence-corrected chi connectivity index (χ0v) is 11.8. The van der Waals surface area contributed by atoms with Crippen molar-refractivity contribution in [3.63, 3.8) is 0 Å². The number of piperidine rings is 1. The molecular formula is C15H22N2O3. The summed E-state index contributed by atoms with van der Waals surface area (Å²) in [5, 5.41) is 9.17. The number of nitrogen functional groups attached to an aromatic ring is 1. The van der Waals surface area contributed by atoms with Crippen molar-refractivity contribution in [2.75, 3.05) is 36.9 Å². The lowest BCUT2D eigenvalue weighted by molar-refractivity contribution is 0.0527. The van der Waals surface area contributed by atoms with Gasteiger partial charge < -0.3 is 20.5 Å². The second-order valence-corrected chi connectivity index (χ2v) is 5.07. The van der Waals surface area contributed by atoms with Gasteiger partial charge in [-0.1, -0.05) is 6.07 Å². The number of hydrogen-bond donors (Lipinski definition) is 2. The Morgan fingerprint density at radius 1 is 1.45 bits per heavy atom. The summed E-state index contributed by atoms with van der Waals surface area (Å²) in [5.41, 5.74) is 7.91. The Hall–Kier alpha value is -1.75. The minimum absolute atomic E-state index is 0.242. The quantitative estimate of drug-likeness (QED) is 0.647. The standard InChI is InChI=1S/C15H22N2O3/c1-2-20-15(19)12-4-3-5-13(14(12)16)17-8-6-11(10-18)7-9-17/h3-5,11,18H,2,6-10,16H2,1H3. The molecule has 0 aliphatic carbocycles. The Kier molecular flexibility index (Phi) is 4.84. The van der Waals surface area contributed by atoms with Crippen molar-refractivity contribution < 1.29 is 14.6 Å². The first-order chi connectivity index (χ1) is 9.67. The number of anilines is 2. The molecule has 5 heteroatoms. The lowest BCUT2D eigenvalue weighted by atomic mass is 9.97. The van der Waals surface area contributed by atoms with E-state index in [-0.39, 0.29) is 12.6 Å². The van der Waals surface area contributed by atoms with Gasteiger partial charge in [-0.2, -0.15) is 0 Å². The van der Waals surface area contributed by atoms with Gasteiger partial charge in [0.2, 0.25) is 0 Å². The molecule has 1 aliphatic rings. The van der Waals surface area contributed by atoms with E-state index in [1.165, 1.54) is 0 Å². The molecule has 1 aromatic rings. The molecule has 0 atom stereocenters. The number of esters is 1. The Balaban J connectivity index is 2.17. The molecule has 0 aromatic heterocycles. The highest BCUT2D eigenvalue weighted by atomic mass is 16.5. The highest BCUT2D eigenvalue weighted by Gasteiger charge is 2.22. The fourth-order valence-electron chi connectivity index (χ4n) is 2.57. The summed E-state index contributed by atoms with van der Waals surface area (Å²) in [5.74, 6) is -0.00203. The number of aliphatic hydroxyl groups is 1. The van der Waals surface area contributed by atoms with Crippen molar-refractivity contribution in [3.8, 4) is 0 Å². The predicted octanol–water partition coefficient (Wildman–Crippen LogP) is 1.65. The lowest BCUT2D eigenvalue weighted by Gasteiger charge is -2.33. The molecule has 0 unspecified atom stereocenters. The third-order valence-electron chi connectivity index (χ3n) is 3.79. The Bertz CT molecular complexity index is 468. The largest absolute Gasteiger partial charge is 0.462 e. The van der Waals surface area contributed by atoms with Crippen molar-refractivity contribution in [2.24, 2.45) is 5.92 Å². The van der Waals surface area contributed by atoms with Crippen LogP contribution in [0.2, 0.25) is 0 Å². The molecule has 5 nitrogen and oxygen atoms in total. The fourth-order valence-corrected chi connectivity index (χ4v) is 2.57. The molecular weight excluding hydrogens is 256 g/mol. The van der Waals surface area contributed by atoms with Crippen LogP contribution < -0.4 is 10.6 Å². The molecule has 3 N–H and O–H groups in total. The summed E-state index contributed by atoms with van der Waals surface area (Å²) in [4.78, 5) is 14.0. The van der Waals surface area contributed by atoms with Crippen LogP contribution in [0.1, 0.15) is 30.1 Å². The SMILES string of the molecule is CCOC(=O)c1cccc(N2CCC(CO)CC2)c1N. The van der Waals surface area contributed by atoms with Crippen LogP contribution in [0.25, 0.3) is 0 Å². The van der Waals surface area contributed by atoms with E-state index in [0.717, 1.165) is 31.6 Å². The van der Waals surface area contributed by atoms with E-state index in [1.54, 1.807) is 13.0 Å². The van der Waals surface area contributed by atoms with Gasteiger partial charge in [0, 0.05) is 19.7 Å². The number of aliphatic hydroxyl groups excluding tert-OH is 1. The van der Waals surface area contributed by atoms with Gasteiger partial charge in [-0.25, -0.2) is 4.79 Å². The molecule has 0 amide bonds. The summed E-state index contributed by atoms with van der Waals surface area (Å²) in [7, 11) is 0. The molecule has 2 rings (SSSR count). The highest BCUT2D eigenvalue weighted by molar-refractivity contribution is 5.98. The number of carbonyl (C=O) groups is 1. The van der Waals surface area contributed by atoms with Crippen LogP contribution in [0.5, 0.6) is 0 Å². The van der Waals surface area contributed by atoms with Crippen LogP contribution in [0.4, 0.5) is 11.4 Å². The van der Waals surface area contributed by atoms with Gasteiger partial charge in [0.15, 0.2) is 0 Å². The van der Waals surface area contributed by atoms with Gasteiger partial charge in [0.1, 0.15) is 0 Å². The van der Waals surface area contributed by atoms with Gasteiger partial charge in [0.05, 0.1) is 23.5 Å². The Morgan fingerprint density at radius 2 is 2.15 bits per heavy atom. The first kappa shape index (κ1) is 14.7. The van der Waals surface area contributed by atoms with Crippen molar-refractivity contribution in [1.82, 2.24) is 0 Å². The van der Waals surface area contributed by atoms with Gasteiger partial charge in [-0.05, 0) is 37.8 Å². The zero-order chi connectivity index (χ0) is 14.5. The third kappa shape index (κ3) is 3.04. The molecule has 0 spiro atoms. The maximum absolute atomic E-state index is 11.8. The summed E-state index contributed by atoms with van der Waals surface area (Å²) in [6.45, 7) is 4.05. The molecule has 1 heterocycles. The second kappa shape index (κ2) is 6.61. The van der Waals surface area contributed by atoms with Crippen LogP contribution in [0, 0.1) is 5.92 Å². The lowest BCUT2D eigenvalue weighted by Crippen LogP contribution is -2.35. The minimum Gasteiger partial charge on any atom is -0.462 e. The smallest absolute Gasteiger partial charge is 0.340 e. The molecule has 1 saturated heterocycles. The number of nitrogens with two attached hydrogens (primary N) is 1. The van der Waals surface area contributed by atoms with Crippen molar-refractivity contribution >= 4 is 17.3 Å². The zero-order valence-electron chi connectivity index (χ0n) is 11.8. The molecule has 1 fully saturated rings. The summed E-state index contributed by atoms with van der Waals surface area (Å²) >= 11 is 0. The molecule has 0 radical (unpaired) electrons. The van der Waals surface area contributed by atoms with Crippen molar-refractivity contribution in [3.05, 3.63) is 23.8 Å². The van der Waals surface area contributed by atoms with E-state index in [2.05, 4.69) is 4.90 Å². The molecule has 0 saturated carbocycles. The summed E-state index contributed by atoms with van der Waals surface area (Å²) in [6, 6.07) is 5.45.